The molecule has 0 aromatic heterocycles. The van der Waals surface area contributed by atoms with Crippen LogP contribution in [0.1, 0.15) is 20.8 Å². The molecule has 4 heteroatoms. The van der Waals surface area contributed by atoms with Gasteiger partial charge in [0.1, 0.15) is 0 Å². The third-order valence-electron chi connectivity index (χ3n) is 2.53. The number of rotatable bonds is 4. The van der Waals surface area contributed by atoms with Crippen LogP contribution in [0.3, 0.4) is 0 Å². The predicted molar refractivity (Wildman–Crippen MR) is 61.8 cm³/mol. The Hall–Kier alpha value is -0.610. The zero-order valence-corrected chi connectivity index (χ0v) is 10.0. The van der Waals surface area contributed by atoms with E-state index in [2.05, 4.69) is 36.3 Å². The lowest BCUT2D eigenvalue weighted by atomic mass is 10.2. The molecular formula is C11H23N3O. The number of nitrogens with one attached hydrogen (secondary N) is 2. The fourth-order valence-electron chi connectivity index (χ4n) is 1.73. The van der Waals surface area contributed by atoms with E-state index in [1.165, 1.54) is 0 Å². The number of carbonyl (C=O) groups excluding carboxylic acids is 1. The maximum Gasteiger partial charge on any atom is 0.234 e. The molecule has 2 N–H and O–H groups in total. The molecule has 1 aliphatic rings. The fraction of sp³-hybridized carbons (Fsp3) is 0.909. The second-order valence-corrected chi connectivity index (χ2v) is 4.79. The van der Waals surface area contributed by atoms with Crippen molar-refractivity contribution in [1.82, 2.24) is 15.5 Å². The van der Waals surface area contributed by atoms with Gasteiger partial charge < -0.3 is 10.6 Å². The lowest BCUT2D eigenvalue weighted by Crippen LogP contribution is -2.52. The highest BCUT2D eigenvalue weighted by molar-refractivity contribution is 5.78. The van der Waals surface area contributed by atoms with Crippen LogP contribution in [0.2, 0.25) is 0 Å². The summed E-state index contributed by atoms with van der Waals surface area (Å²) in [6, 6.07) is 0.497. The van der Waals surface area contributed by atoms with Gasteiger partial charge in [0, 0.05) is 32.2 Å². The third kappa shape index (κ3) is 5.14. The molecule has 0 aromatic rings. The number of hydrogen-bond acceptors (Lipinski definition) is 3. The van der Waals surface area contributed by atoms with E-state index < -0.39 is 0 Å². The smallest absolute Gasteiger partial charge is 0.234 e. The summed E-state index contributed by atoms with van der Waals surface area (Å²) in [5.41, 5.74) is 0. The summed E-state index contributed by atoms with van der Waals surface area (Å²) in [6.07, 6.45) is 0. The molecule has 1 amide bonds. The molecule has 0 aromatic carbocycles. The molecule has 0 saturated carbocycles. The Morgan fingerprint density at radius 2 is 2.33 bits per heavy atom. The first-order chi connectivity index (χ1) is 7.08. The Morgan fingerprint density at radius 3 is 2.93 bits per heavy atom. The SMILES string of the molecule is CC(C)CNC(=O)CN1CCN[C@H](C)C1. The van der Waals surface area contributed by atoms with Crippen molar-refractivity contribution in [3.8, 4) is 0 Å². The fourth-order valence-corrected chi connectivity index (χ4v) is 1.73. The van der Waals surface area contributed by atoms with Crippen molar-refractivity contribution < 1.29 is 4.79 Å². The topological polar surface area (TPSA) is 44.4 Å². The molecule has 0 aliphatic carbocycles. The number of piperazine rings is 1. The van der Waals surface area contributed by atoms with Gasteiger partial charge in [0.15, 0.2) is 0 Å². The van der Waals surface area contributed by atoms with Gasteiger partial charge in [-0.15, -0.1) is 0 Å². The molecule has 1 saturated heterocycles. The largest absolute Gasteiger partial charge is 0.355 e. The van der Waals surface area contributed by atoms with Gasteiger partial charge in [0.05, 0.1) is 6.54 Å². The molecule has 1 rings (SSSR count). The van der Waals surface area contributed by atoms with Crippen LogP contribution in [0.15, 0.2) is 0 Å². The molecule has 15 heavy (non-hydrogen) atoms. The van der Waals surface area contributed by atoms with Crippen molar-refractivity contribution in [3.05, 3.63) is 0 Å². The number of amides is 1. The zero-order chi connectivity index (χ0) is 11.3. The number of hydrogen-bond donors (Lipinski definition) is 2. The third-order valence-corrected chi connectivity index (χ3v) is 2.53. The normalized spacial score (nSPS) is 23.1. The molecule has 4 nitrogen and oxygen atoms in total. The van der Waals surface area contributed by atoms with E-state index in [0.717, 1.165) is 26.2 Å². The summed E-state index contributed by atoms with van der Waals surface area (Å²) >= 11 is 0. The molecule has 1 heterocycles. The van der Waals surface area contributed by atoms with Crippen molar-refractivity contribution >= 4 is 5.91 Å². The van der Waals surface area contributed by atoms with Gasteiger partial charge in [-0.05, 0) is 12.8 Å². The van der Waals surface area contributed by atoms with Crippen molar-refractivity contribution in [2.75, 3.05) is 32.7 Å². The predicted octanol–water partition coefficient (Wildman–Crippen LogP) is 0.0523. The van der Waals surface area contributed by atoms with Gasteiger partial charge >= 0.3 is 0 Å². The first-order valence-electron chi connectivity index (χ1n) is 5.80. The second kappa shape index (κ2) is 6.08. The summed E-state index contributed by atoms with van der Waals surface area (Å²) < 4.78 is 0. The number of nitrogens with zero attached hydrogens (tertiary/aromatic N) is 1. The van der Waals surface area contributed by atoms with Crippen LogP contribution in [0.4, 0.5) is 0 Å². The standard InChI is InChI=1S/C11H23N3O/c1-9(2)6-13-11(15)8-14-5-4-12-10(3)7-14/h9-10,12H,4-8H2,1-3H3,(H,13,15)/t10-/m1/s1. The van der Waals surface area contributed by atoms with E-state index in [0.29, 0.717) is 18.5 Å². The Morgan fingerprint density at radius 1 is 1.60 bits per heavy atom. The van der Waals surface area contributed by atoms with E-state index >= 15 is 0 Å². The molecule has 1 fully saturated rings. The average Bonchev–Trinajstić information content (AvgIpc) is 2.15. The molecule has 0 unspecified atom stereocenters. The van der Waals surface area contributed by atoms with Gasteiger partial charge in [-0.2, -0.15) is 0 Å². The summed E-state index contributed by atoms with van der Waals surface area (Å²) in [5.74, 6) is 0.675. The van der Waals surface area contributed by atoms with Crippen LogP contribution in [0.5, 0.6) is 0 Å². The van der Waals surface area contributed by atoms with E-state index in [-0.39, 0.29) is 5.91 Å². The summed E-state index contributed by atoms with van der Waals surface area (Å²) in [5, 5.41) is 6.31. The second-order valence-electron chi connectivity index (χ2n) is 4.79. The molecule has 88 valence electrons. The van der Waals surface area contributed by atoms with Crippen molar-refractivity contribution in [1.29, 1.82) is 0 Å². The highest BCUT2D eigenvalue weighted by Crippen LogP contribution is 1.97. The summed E-state index contributed by atoms with van der Waals surface area (Å²) in [7, 11) is 0. The Kier molecular flexibility index (Phi) is 5.05. The molecular weight excluding hydrogens is 190 g/mol. The summed E-state index contributed by atoms with van der Waals surface area (Å²) in [6.45, 7) is 10.6. The van der Waals surface area contributed by atoms with Gasteiger partial charge in [0.25, 0.3) is 0 Å². The van der Waals surface area contributed by atoms with Crippen LogP contribution in [-0.4, -0.2) is 49.6 Å². The van der Waals surface area contributed by atoms with Gasteiger partial charge in [-0.1, -0.05) is 13.8 Å². The molecule has 1 aliphatic heterocycles. The van der Waals surface area contributed by atoms with Gasteiger partial charge in [-0.25, -0.2) is 0 Å². The quantitative estimate of drug-likeness (QED) is 0.694. The first kappa shape index (κ1) is 12.5. The maximum atomic E-state index is 11.5. The lowest BCUT2D eigenvalue weighted by molar-refractivity contribution is -0.122. The van der Waals surface area contributed by atoms with E-state index in [1.54, 1.807) is 0 Å². The van der Waals surface area contributed by atoms with E-state index in [4.69, 9.17) is 0 Å². The van der Waals surface area contributed by atoms with Crippen LogP contribution in [-0.2, 0) is 4.79 Å². The Labute approximate surface area is 92.4 Å². The lowest BCUT2D eigenvalue weighted by Gasteiger charge is -2.31. The van der Waals surface area contributed by atoms with E-state index in [1.807, 2.05) is 0 Å². The van der Waals surface area contributed by atoms with Gasteiger partial charge in [0.2, 0.25) is 5.91 Å². The van der Waals surface area contributed by atoms with Crippen LogP contribution in [0, 0.1) is 5.92 Å². The highest BCUT2D eigenvalue weighted by atomic mass is 16.2. The van der Waals surface area contributed by atoms with Crippen LogP contribution in [0.25, 0.3) is 0 Å². The number of carbonyl (C=O) groups is 1. The maximum absolute atomic E-state index is 11.5. The highest BCUT2D eigenvalue weighted by Gasteiger charge is 2.17. The van der Waals surface area contributed by atoms with Crippen molar-refractivity contribution in [2.45, 2.75) is 26.8 Å². The monoisotopic (exact) mass is 213 g/mol. The molecule has 0 spiro atoms. The van der Waals surface area contributed by atoms with Crippen molar-refractivity contribution in [3.63, 3.8) is 0 Å². The van der Waals surface area contributed by atoms with E-state index in [9.17, 15) is 4.79 Å². The molecule has 1 atom stereocenters. The minimum atomic E-state index is 0.151. The minimum absolute atomic E-state index is 0.151. The minimum Gasteiger partial charge on any atom is -0.355 e. The Bertz CT molecular complexity index is 206. The van der Waals surface area contributed by atoms with Crippen molar-refractivity contribution in [2.24, 2.45) is 5.92 Å². The Balaban J connectivity index is 2.19. The average molecular weight is 213 g/mol. The molecule has 0 bridgehead atoms. The zero-order valence-electron chi connectivity index (χ0n) is 10.0. The van der Waals surface area contributed by atoms with Gasteiger partial charge in [-0.3, -0.25) is 9.69 Å². The summed E-state index contributed by atoms with van der Waals surface area (Å²) in [4.78, 5) is 13.8. The van der Waals surface area contributed by atoms with Crippen LogP contribution < -0.4 is 10.6 Å². The molecule has 0 radical (unpaired) electrons. The van der Waals surface area contributed by atoms with Crippen LogP contribution >= 0.6 is 0 Å². The first-order valence-corrected chi connectivity index (χ1v) is 5.80.